The number of alkyl halides is 2. The van der Waals surface area contributed by atoms with Crippen LogP contribution in [0.1, 0.15) is 30.7 Å². The number of hydrogen-bond donors (Lipinski definition) is 1. The molecule has 0 aromatic heterocycles. The molecule has 1 aliphatic rings. The summed E-state index contributed by atoms with van der Waals surface area (Å²) >= 11 is 0. The second kappa shape index (κ2) is 6.82. The van der Waals surface area contributed by atoms with Crippen LogP contribution < -0.4 is 4.74 Å². The normalized spacial score (nSPS) is 21.4. The first kappa shape index (κ1) is 14.2. The molecule has 1 saturated heterocycles. The smallest absolute Gasteiger partial charge is 0.247 e. The number of hydrogen-bond acceptors (Lipinski definition) is 3. The molecule has 1 aliphatic heterocycles. The zero-order valence-electron chi connectivity index (χ0n) is 10.6. The Morgan fingerprint density at radius 2 is 2.00 bits per heavy atom. The Morgan fingerprint density at radius 3 is 2.53 bits per heavy atom. The van der Waals surface area contributed by atoms with Crippen LogP contribution in [0.2, 0.25) is 0 Å². The highest BCUT2D eigenvalue weighted by Gasteiger charge is 2.21. The summed E-state index contributed by atoms with van der Waals surface area (Å²) in [6.07, 6.45) is 0.145. The Bertz CT molecular complexity index is 375. The Morgan fingerprint density at radius 1 is 1.26 bits per heavy atom. The van der Waals surface area contributed by atoms with E-state index in [0.717, 1.165) is 19.3 Å². The van der Waals surface area contributed by atoms with Crippen molar-refractivity contribution in [3.63, 3.8) is 0 Å². The molecule has 5 heteroatoms. The number of aliphatic hydroxyl groups excluding tert-OH is 1. The highest BCUT2D eigenvalue weighted by Crippen LogP contribution is 2.26. The van der Waals surface area contributed by atoms with E-state index in [-0.39, 0.29) is 6.29 Å². The van der Waals surface area contributed by atoms with Gasteiger partial charge in [-0.3, -0.25) is 0 Å². The maximum absolute atomic E-state index is 12.6. The van der Waals surface area contributed by atoms with Crippen LogP contribution in [0, 0.1) is 0 Å². The van der Waals surface area contributed by atoms with E-state index in [0.29, 0.717) is 17.9 Å². The molecular formula is C14H18F2O3. The molecule has 1 aromatic rings. The van der Waals surface area contributed by atoms with Gasteiger partial charge < -0.3 is 14.6 Å². The maximum Gasteiger partial charge on any atom is 0.247 e. The molecular weight excluding hydrogens is 254 g/mol. The molecule has 1 heterocycles. The Labute approximate surface area is 111 Å². The van der Waals surface area contributed by atoms with E-state index in [1.54, 1.807) is 24.3 Å². The van der Waals surface area contributed by atoms with Gasteiger partial charge in [0.2, 0.25) is 6.43 Å². The van der Waals surface area contributed by atoms with Gasteiger partial charge in [0.15, 0.2) is 6.29 Å². The molecule has 1 N–H and O–H groups in total. The average molecular weight is 272 g/mol. The third-order valence-corrected chi connectivity index (χ3v) is 3.21. The van der Waals surface area contributed by atoms with E-state index < -0.39 is 19.0 Å². The largest absolute Gasteiger partial charge is 0.465 e. The lowest BCUT2D eigenvalue weighted by Crippen LogP contribution is -2.25. The van der Waals surface area contributed by atoms with Gasteiger partial charge in [0, 0.05) is 6.42 Å². The van der Waals surface area contributed by atoms with Crippen molar-refractivity contribution in [3.05, 3.63) is 29.8 Å². The molecule has 0 aliphatic carbocycles. The van der Waals surface area contributed by atoms with Gasteiger partial charge in [-0.1, -0.05) is 12.1 Å². The highest BCUT2D eigenvalue weighted by atomic mass is 19.3. The molecule has 0 saturated carbocycles. The molecule has 0 amide bonds. The molecule has 1 unspecified atom stereocenters. The topological polar surface area (TPSA) is 38.7 Å². The summed E-state index contributed by atoms with van der Waals surface area (Å²) in [4.78, 5) is 0. The molecule has 0 radical (unpaired) electrons. The van der Waals surface area contributed by atoms with Gasteiger partial charge in [0.1, 0.15) is 5.75 Å². The third kappa shape index (κ3) is 3.88. The zero-order valence-corrected chi connectivity index (χ0v) is 10.6. The Hall–Kier alpha value is -1.20. The molecule has 19 heavy (non-hydrogen) atoms. The molecule has 2 atom stereocenters. The van der Waals surface area contributed by atoms with E-state index in [4.69, 9.17) is 14.6 Å². The second-order valence-corrected chi connectivity index (χ2v) is 4.61. The average Bonchev–Trinajstić information content (AvgIpc) is 2.42. The van der Waals surface area contributed by atoms with Crippen molar-refractivity contribution in [1.29, 1.82) is 0 Å². The highest BCUT2D eigenvalue weighted by molar-refractivity contribution is 5.30. The first-order valence-electron chi connectivity index (χ1n) is 6.48. The van der Waals surface area contributed by atoms with Crippen LogP contribution in [0.5, 0.6) is 5.75 Å². The fourth-order valence-corrected chi connectivity index (χ4v) is 2.08. The fraction of sp³-hybridized carbons (Fsp3) is 0.571. The first-order valence-corrected chi connectivity index (χ1v) is 6.48. The SMILES string of the molecule is OCC(c1ccc(O[C@@H]2CCCCO2)cc1)C(F)F. The molecule has 1 aromatic carbocycles. The summed E-state index contributed by atoms with van der Waals surface area (Å²) in [5, 5.41) is 8.95. The lowest BCUT2D eigenvalue weighted by atomic mass is 10.0. The minimum atomic E-state index is -2.57. The first-order chi connectivity index (χ1) is 9.20. The summed E-state index contributed by atoms with van der Waals surface area (Å²) in [5.41, 5.74) is 0.411. The van der Waals surface area contributed by atoms with Gasteiger partial charge >= 0.3 is 0 Å². The van der Waals surface area contributed by atoms with Crippen LogP contribution >= 0.6 is 0 Å². The predicted octanol–water partition coefficient (Wildman–Crippen LogP) is 2.93. The Kier molecular flexibility index (Phi) is 5.10. The van der Waals surface area contributed by atoms with Gasteiger partial charge in [-0.15, -0.1) is 0 Å². The number of halogens is 2. The molecule has 0 spiro atoms. The number of ether oxygens (including phenoxy) is 2. The standard InChI is InChI=1S/C14H18F2O3/c15-14(16)12(9-17)10-4-6-11(7-5-10)19-13-3-1-2-8-18-13/h4-7,12-14,17H,1-3,8-9H2/t12?,13-/m1/s1. The third-order valence-electron chi connectivity index (χ3n) is 3.21. The quantitative estimate of drug-likeness (QED) is 0.895. The van der Waals surface area contributed by atoms with E-state index in [1.165, 1.54) is 0 Å². The fourth-order valence-electron chi connectivity index (χ4n) is 2.08. The van der Waals surface area contributed by atoms with Crippen molar-refractivity contribution in [3.8, 4) is 5.75 Å². The van der Waals surface area contributed by atoms with Gasteiger partial charge in [-0.05, 0) is 30.5 Å². The monoisotopic (exact) mass is 272 g/mol. The van der Waals surface area contributed by atoms with E-state index in [9.17, 15) is 8.78 Å². The van der Waals surface area contributed by atoms with Crippen molar-refractivity contribution >= 4 is 0 Å². The summed E-state index contributed by atoms with van der Waals surface area (Å²) in [7, 11) is 0. The summed E-state index contributed by atoms with van der Waals surface area (Å²) < 4.78 is 36.3. The van der Waals surface area contributed by atoms with Crippen LogP contribution in [0.15, 0.2) is 24.3 Å². The van der Waals surface area contributed by atoms with Crippen LogP contribution in [-0.2, 0) is 4.74 Å². The summed E-state index contributed by atoms with van der Waals surface area (Å²) in [6.45, 7) is 0.129. The van der Waals surface area contributed by atoms with Crippen molar-refractivity contribution in [2.45, 2.75) is 37.9 Å². The molecule has 2 rings (SSSR count). The zero-order chi connectivity index (χ0) is 13.7. The number of rotatable bonds is 5. The predicted molar refractivity (Wildman–Crippen MR) is 66.5 cm³/mol. The van der Waals surface area contributed by atoms with E-state index >= 15 is 0 Å². The van der Waals surface area contributed by atoms with Crippen LogP contribution in [-0.4, -0.2) is 31.0 Å². The van der Waals surface area contributed by atoms with E-state index in [1.807, 2.05) is 0 Å². The summed E-state index contributed by atoms with van der Waals surface area (Å²) in [5.74, 6) is -0.540. The van der Waals surface area contributed by atoms with Gasteiger partial charge in [-0.25, -0.2) is 8.78 Å². The van der Waals surface area contributed by atoms with Crippen molar-refractivity contribution in [2.75, 3.05) is 13.2 Å². The molecule has 106 valence electrons. The molecule has 3 nitrogen and oxygen atoms in total. The van der Waals surface area contributed by atoms with Gasteiger partial charge in [0.05, 0.1) is 19.1 Å². The number of benzene rings is 1. The second-order valence-electron chi connectivity index (χ2n) is 4.61. The molecule has 0 bridgehead atoms. The molecule has 1 fully saturated rings. The Balaban J connectivity index is 1.97. The van der Waals surface area contributed by atoms with Crippen molar-refractivity contribution in [1.82, 2.24) is 0 Å². The maximum atomic E-state index is 12.6. The van der Waals surface area contributed by atoms with Crippen LogP contribution in [0.25, 0.3) is 0 Å². The van der Waals surface area contributed by atoms with Crippen molar-refractivity contribution in [2.24, 2.45) is 0 Å². The van der Waals surface area contributed by atoms with Gasteiger partial charge in [-0.2, -0.15) is 0 Å². The minimum Gasteiger partial charge on any atom is -0.465 e. The van der Waals surface area contributed by atoms with E-state index in [2.05, 4.69) is 0 Å². The van der Waals surface area contributed by atoms with Crippen LogP contribution in [0.3, 0.4) is 0 Å². The minimum absolute atomic E-state index is 0.247. The van der Waals surface area contributed by atoms with Crippen LogP contribution in [0.4, 0.5) is 8.78 Å². The lowest BCUT2D eigenvalue weighted by molar-refractivity contribution is -0.105. The summed E-state index contributed by atoms with van der Waals surface area (Å²) in [6, 6.07) is 6.40. The van der Waals surface area contributed by atoms with Gasteiger partial charge in [0.25, 0.3) is 0 Å². The lowest BCUT2D eigenvalue weighted by Gasteiger charge is -2.23. The van der Waals surface area contributed by atoms with Crippen molar-refractivity contribution < 1.29 is 23.4 Å². The number of aliphatic hydroxyl groups is 1.